The molecule has 0 bridgehead atoms. The summed E-state index contributed by atoms with van der Waals surface area (Å²) in [4.78, 5) is 12.3. The van der Waals surface area contributed by atoms with E-state index in [9.17, 15) is 26.4 Å². The molecule has 1 amide bonds. The number of rotatable bonds is 6. The fraction of sp³-hybridized carbons (Fsp3) is 0.136. The van der Waals surface area contributed by atoms with E-state index in [1.54, 1.807) is 25.1 Å². The van der Waals surface area contributed by atoms with E-state index in [0.717, 1.165) is 17.7 Å². The van der Waals surface area contributed by atoms with Crippen molar-refractivity contribution in [3.05, 3.63) is 83.4 Å². The third-order valence-electron chi connectivity index (χ3n) is 4.52. The molecule has 0 unspecified atom stereocenters. The van der Waals surface area contributed by atoms with E-state index in [1.165, 1.54) is 37.4 Å². The third-order valence-corrected chi connectivity index (χ3v) is 5.92. The van der Waals surface area contributed by atoms with Crippen LogP contribution in [-0.2, 0) is 16.2 Å². The van der Waals surface area contributed by atoms with Gasteiger partial charge in [0.25, 0.3) is 15.9 Å². The molecule has 0 fully saturated rings. The van der Waals surface area contributed by atoms with Crippen molar-refractivity contribution < 1.29 is 31.1 Å². The quantitative estimate of drug-likeness (QED) is 0.533. The zero-order valence-corrected chi connectivity index (χ0v) is 17.8. The van der Waals surface area contributed by atoms with Gasteiger partial charge in [-0.3, -0.25) is 9.52 Å². The standard InChI is InChI=1S/C22H19F3N2O4S/c1-14-12-15(6-11-20(14)31-2)21(28)26-17-7-9-19(10-8-17)32(29,30)27-18-5-3-4-16(13-18)22(23,24)25/h3-13,27H,1-2H3,(H,26,28). The largest absolute Gasteiger partial charge is 0.496 e. The van der Waals surface area contributed by atoms with E-state index < -0.39 is 27.7 Å². The summed E-state index contributed by atoms with van der Waals surface area (Å²) in [5.41, 5.74) is 0.339. The number of hydrogen-bond acceptors (Lipinski definition) is 4. The Kier molecular flexibility index (Phi) is 6.45. The lowest BCUT2D eigenvalue weighted by atomic mass is 10.1. The average Bonchev–Trinajstić information content (AvgIpc) is 2.73. The van der Waals surface area contributed by atoms with E-state index in [4.69, 9.17) is 4.74 Å². The van der Waals surface area contributed by atoms with E-state index >= 15 is 0 Å². The van der Waals surface area contributed by atoms with Crippen molar-refractivity contribution in [1.29, 1.82) is 0 Å². The molecule has 3 aromatic rings. The smallest absolute Gasteiger partial charge is 0.416 e. The molecule has 0 heterocycles. The minimum Gasteiger partial charge on any atom is -0.496 e. The van der Waals surface area contributed by atoms with Crippen LogP contribution in [0.3, 0.4) is 0 Å². The van der Waals surface area contributed by atoms with Gasteiger partial charge in [-0.2, -0.15) is 13.2 Å². The number of methoxy groups -OCH3 is 1. The minimum absolute atomic E-state index is 0.173. The summed E-state index contributed by atoms with van der Waals surface area (Å²) in [5.74, 6) is 0.248. The summed E-state index contributed by atoms with van der Waals surface area (Å²) in [7, 11) is -2.60. The highest BCUT2D eigenvalue weighted by atomic mass is 32.2. The average molecular weight is 464 g/mol. The van der Waals surface area contributed by atoms with Crippen LogP contribution in [0, 0.1) is 6.92 Å². The van der Waals surface area contributed by atoms with Gasteiger partial charge in [-0.05, 0) is 73.2 Å². The molecule has 168 valence electrons. The number of halogens is 3. The van der Waals surface area contributed by atoms with Gasteiger partial charge < -0.3 is 10.1 Å². The number of benzene rings is 3. The maximum Gasteiger partial charge on any atom is 0.416 e. The second-order valence-electron chi connectivity index (χ2n) is 6.85. The van der Waals surface area contributed by atoms with Crippen LogP contribution in [0.2, 0.25) is 0 Å². The molecular formula is C22H19F3N2O4S. The Morgan fingerprint density at radius 1 is 0.938 bits per heavy atom. The molecule has 6 nitrogen and oxygen atoms in total. The van der Waals surface area contributed by atoms with Crippen molar-refractivity contribution in [2.45, 2.75) is 18.0 Å². The Labute approximate surface area is 183 Å². The monoisotopic (exact) mass is 464 g/mol. The van der Waals surface area contributed by atoms with Crippen LogP contribution in [0.5, 0.6) is 5.75 Å². The highest BCUT2D eigenvalue weighted by Gasteiger charge is 2.30. The number of alkyl halides is 3. The van der Waals surface area contributed by atoms with E-state index in [1.807, 2.05) is 0 Å². The Balaban J connectivity index is 1.73. The first-order chi connectivity index (χ1) is 15.0. The molecule has 0 aromatic heterocycles. The minimum atomic E-state index is -4.59. The fourth-order valence-corrected chi connectivity index (χ4v) is 3.96. The van der Waals surface area contributed by atoms with Gasteiger partial charge in [-0.25, -0.2) is 8.42 Å². The topological polar surface area (TPSA) is 84.5 Å². The normalized spacial score (nSPS) is 11.7. The second-order valence-corrected chi connectivity index (χ2v) is 8.53. The molecule has 3 aromatic carbocycles. The van der Waals surface area contributed by atoms with Crippen molar-refractivity contribution in [3.63, 3.8) is 0 Å². The molecule has 0 spiro atoms. The summed E-state index contributed by atoms with van der Waals surface area (Å²) < 4.78 is 70.8. The van der Waals surface area contributed by atoms with Gasteiger partial charge in [0.05, 0.1) is 17.6 Å². The number of amides is 1. The van der Waals surface area contributed by atoms with Crippen LogP contribution in [0.25, 0.3) is 0 Å². The highest BCUT2D eigenvalue weighted by Crippen LogP contribution is 2.31. The zero-order valence-electron chi connectivity index (χ0n) is 17.0. The number of anilines is 2. The SMILES string of the molecule is COc1ccc(C(=O)Nc2ccc(S(=O)(=O)Nc3cccc(C(F)(F)F)c3)cc2)cc1C. The molecule has 0 radical (unpaired) electrons. The zero-order chi connectivity index (χ0) is 23.5. The first-order valence-electron chi connectivity index (χ1n) is 9.26. The highest BCUT2D eigenvalue weighted by molar-refractivity contribution is 7.92. The van der Waals surface area contributed by atoms with Crippen LogP contribution in [0.4, 0.5) is 24.5 Å². The van der Waals surface area contributed by atoms with Crippen LogP contribution in [0.1, 0.15) is 21.5 Å². The van der Waals surface area contributed by atoms with E-state index in [0.29, 0.717) is 23.1 Å². The van der Waals surface area contributed by atoms with Crippen molar-refractivity contribution >= 4 is 27.3 Å². The Hall–Kier alpha value is -3.53. The number of carbonyl (C=O) groups excluding carboxylic acids is 1. The summed E-state index contributed by atoms with van der Waals surface area (Å²) in [6.07, 6.45) is -4.59. The van der Waals surface area contributed by atoms with Gasteiger partial charge >= 0.3 is 6.18 Å². The molecule has 2 N–H and O–H groups in total. The third kappa shape index (κ3) is 5.38. The molecule has 0 aliphatic rings. The van der Waals surface area contributed by atoms with Gasteiger partial charge in [-0.1, -0.05) is 6.07 Å². The van der Waals surface area contributed by atoms with Crippen molar-refractivity contribution in [1.82, 2.24) is 0 Å². The van der Waals surface area contributed by atoms with Crippen LogP contribution in [-0.4, -0.2) is 21.4 Å². The molecule has 3 rings (SSSR count). The van der Waals surface area contributed by atoms with E-state index in [-0.39, 0.29) is 10.6 Å². The van der Waals surface area contributed by atoms with Crippen LogP contribution in [0.15, 0.2) is 71.6 Å². The van der Waals surface area contributed by atoms with Gasteiger partial charge in [0.1, 0.15) is 5.75 Å². The lowest BCUT2D eigenvalue weighted by Gasteiger charge is -2.12. The van der Waals surface area contributed by atoms with Gasteiger partial charge in [0.2, 0.25) is 0 Å². The lowest BCUT2D eigenvalue weighted by molar-refractivity contribution is -0.137. The molecule has 10 heteroatoms. The predicted molar refractivity (Wildman–Crippen MR) is 114 cm³/mol. The summed E-state index contributed by atoms with van der Waals surface area (Å²) in [5, 5.41) is 2.66. The Morgan fingerprint density at radius 2 is 1.62 bits per heavy atom. The summed E-state index contributed by atoms with van der Waals surface area (Å²) in [6.45, 7) is 1.80. The second kappa shape index (κ2) is 8.91. The van der Waals surface area contributed by atoms with Crippen molar-refractivity contribution in [2.75, 3.05) is 17.1 Å². The fourth-order valence-electron chi connectivity index (χ4n) is 2.91. The summed E-state index contributed by atoms with van der Waals surface area (Å²) >= 11 is 0. The maximum atomic E-state index is 12.8. The lowest BCUT2D eigenvalue weighted by Crippen LogP contribution is -2.15. The molecule has 32 heavy (non-hydrogen) atoms. The van der Waals surface area contributed by atoms with Gasteiger partial charge in [0, 0.05) is 16.9 Å². The number of hydrogen-bond donors (Lipinski definition) is 2. The molecule has 0 aliphatic heterocycles. The molecule has 0 atom stereocenters. The molecule has 0 saturated heterocycles. The number of ether oxygens (including phenoxy) is 1. The molecule has 0 aliphatic carbocycles. The Morgan fingerprint density at radius 3 is 2.22 bits per heavy atom. The first-order valence-corrected chi connectivity index (χ1v) is 10.7. The number of aryl methyl sites for hydroxylation is 1. The van der Waals surface area contributed by atoms with Gasteiger partial charge in [0.15, 0.2) is 0 Å². The van der Waals surface area contributed by atoms with Crippen LogP contribution >= 0.6 is 0 Å². The predicted octanol–water partition coefficient (Wildman–Crippen LogP) is 5.08. The number of sulfonamides is 1. The Bertz CT molecular complexity index is 1240. The van der Waals surface area contributed by atoms with Crippen LogP contribution < -0.4 is 14.8 Å². The maximum absolute atomic E-state index is 12.8. The molecule has 0 saturated carbocycles. The van der Waals surface area contributed by atoms with E-state index in [2.05, 4.69) is 10.0 Å². The van der Waals surface area contributed by atoms with Gasteiger partial charge in [-0.15, -0.1) is 0 Å². The number of nitrogens with one attached hydrogen (secondary N) is 2. The van der Waals surface area contributed by atoms with Crippen molar-refractivity contribution in [3.8, 4) is 5.75 Å². The molecular weight excluding hydrogens is 445 g/mol. The summed E-state index contributed by atoms with van der Waals surface area (Å²) in [6, 6.07) is 14.1. The number of carbonyl (C=O) groups is 1. The first kappa shape index (κ1) is 23.1. The van der Waals surface area contributed by atoms with Crippen molar-refractivity contribution in [2.24, 2.45) is 0 Å².